The first-order chi connectivity index (χ1) is 10.7. The number of methoxy groups -OCH3 is 2. The summed E-state index contributed by atoms with van der Waals surface area (Å²) in [5.74, 6) is 1.75. The van der Waals surface area contributed by atoms with E-state index in [4.69, 9.17) is 9.47 Å². The first kappa shape index (κ1) is 14.6. The number of nitrogens with one attached hydrogen (secondary N) is 2. The summed E-state index contributed by atoms with van der Waals surface area (Å²) < 4.78 is 10.6. The molecule has 1 aliphatic heterocycles. The van der Waals surface area contributed by atoms with Gasteiger partial charge in [-0.1, -0.05) is 0 Å². The van der Waals surface area contributed by atoms with E-state index in [1.807, 2.05) is 30.3 Å². The number of anilines is 2. The molecule has 1 aliphatic rings. The molecule has 0 bridgehead atoms. The van der Waals surface area contributed by atoms with Crippen molar-refractivity contribution in [1.82, 2.24) is 0 Å². The fraction of sp³-hybridized carbons (Fsp3) is 0.333. The van der Waals surface area contributed by atoms with E-state index in [1.165, 1.54) is 11.3 Å². The van der Waals surface area contributed by atoms with Crippen LogP contribution >= 0.6 is 0 Å². The smallest absolute Gasteiger partial charge is 0.119 e. The van der Waals surface area contributed by atoms with Crippen LogP contribution in [0.15, 0.2) is 42.5 Å². The minimum Gasteiger partial charge on any atom is -0.497 e. The molecular formula is C18H22N2O2. The molecule has 4 nitrogen and oxygen atoms in total. The van der Waals surface area contributed by atoms with E-state index in [0.717, 1.165) is 23.6 Å². The number of fused-ring (bicyclic) bond motifs is 1. The molecule has 0 aromatic heterocycles. The summed E-state index contributed by atoms with van der Waals surface area (Å²) in [7, 11) is 3.38. The Hall–Kier alpha value is -2.36. The maximum atomic E-state index is 5.36. The third-order valence-corrected chi connectivity index (χ3v) is 4.06. The number of hydrogen-bond acceptors (Lipinski definition) is 4. The minimum absolute atomic E-state index is 0.259. The zero-order valence-electron chi connectivity index (χ0n) is 13.2. The molecule has 0 saturated carbocycles. The van der Waals surface area contributed by atoms with Gasteiger partial charge in [-0.3, -0.25) is 0 Å². The molecule has 1 heterocycles. The topological polar surface area (TPSA) is 42.5 Å². The van der Waals surface area contributed by atoms with Crippen LogP contribution < -0.4 is 20.1 Å². The minimum atomic E-state index is 0.259. The Morgan fingerprint density at radius 3 is 2.36 bits per heavy atom. The van der Waals surface area contributed by atoms with Gasteiger partial charge in [-0.15, -0.1) is 0 Å². The van der Waals surface area contributed by atoms with Crippen LogP contribution in [-0.2, 0) is 0 Å². The normalized spacial score (nSPS) is 19.8. The van der Waals surface area contributed by atoms with Crippen LogP contribution in [0.25, 0.3) is 0 Å². The summed E-state index contributed by atoms with van der Waals surface area (Å²) in [6.45, 7) is 2.20. The molecule has 0 spiro atoms. The Morgan fingerprint density at radius 2 is 1.68 bits per heavy atom. The molecular weight excluding hydrogens is 276 g/mol. The highest BCUT2D eigenvalue weighted by atomic mass is 16.5. The molecule has 0 aliphatic carbocycles. The number of benzene rings is 2. The van der Waals surface area contributed by atoms with Crippen LogP contribution in [0.3, 0.4) is 0 Å². The van der Waals surface area contributed by atoms with Gasteiger partial charge in [0.25, 0.3) is 0 Å². The second-order valence-electron chi connectivity index (χ2n) is 5.66. The number of hydrogen-bond donors (Lipinski definition) is 2. The fourth-order valence-electron chi connectivity index (χ4n) is 2.92. The van der Waals surface area contributed by atoms with Crippen molar-refractivity contribution in [2.75, 3.05) is 24.9 Å². The first-order valence-electron chi connectivity index (χ1n) is 7.54. The van der Waals surface area contributed by atoms with Crippen molar-refractivity contribution in [3.8, 4) is 11.5 Å². The maximum Gasteiger partial charge on any atom is 0.119 e. The second kappa shape index (κ2) is 6.18. The highest BCUT2D eigenvalue weighted by Crippen LogP contribution is 2.37. The molecule has 2 aromatic rings. The van der Waals surface area contributed by atoms with Crippen LogP contribution in [0, 0.1) is 0 Å². The monoisotopic (exact) mass is 298 g/mol. The highest BCUT2D eigenvalue weighted by molar-refractivity contribution is 5.61. The average Bonchev–Trinajstić information content (AvgIpc) is 2.55. The highest BCUT2D eigenvalue weighted by Gasteiger charge is 2.24. The number of rotatable bonds is 4. The molecule has 0 fully saturated rings. The van der Waals surface area contributed by atoms with Crippen molar-refractivity contribution in [2.24, 2.45) is 0 Å². The molecule has 2 unspecified atom stereocenters. The quantitative estimate of drug-likeness (QED) is 0.893. The van der Waals surface area contributed by atoms with Gasteiger partial charge in [0, 0.05) is 23.0 Å². The Labute approximate surface area is 131 Å². The Balaban J connectivity index is 1.87. The molecule has 2 atom stereocenters. The first-order valence-corrected chi connectivity index (χ1v) is 7.54. The van der Waals surface area contributed by atoms with Crippen molar-refractivity contribution in [3.63, 3.8) is 0 Å². The van der Waals surface area contributed by atoms with E-state index < -0.39 is 0 Å². The molecule has 0 amide bonds. The van der Waals surface area contributed by atoms with E-state index in [0.29, 0.717) is 6.04 Å². The SMILES string of the molecule is COc1ccc(NC2CC(C)Nc3ccc(OC)cc32)cc1. The lowest BCUT2D eigenvalue weighted by molar-refractivity contribution is 0.413. The van der Waals surface area contributed by atoms with E-state index in [2.05, 4.69) is 29.7 Å². The van der Waals surface area contributed by atoms with E-state index in [9.17, 15) is 0 Å². The van der Waals surface area contributed by atoms with Crippen LogP contribution in [0.5, 0.6) is 11.5 Å². The average molecular weight is 298 g/mol. The molecule has 2 N–H and O–H groups in total. The van der Waals surface area contributed by atoms with Gasteiger partial charge >= 0.3 is 0 Å². The Kier molecular flexibility index (Phi) is 4.09. The summed E-state index contributed by atoms with van der Waals surface area (Å²) in [6.07, 6.45) is 1.02. The molecule has 4 heteroatoms. The van der Waals surface area contributed by atoms with Crippen molar-refractivity contribution in [1.29, 1.82) is 0 Å². The van der Waals surface area contributed by atoms with Gasteiger partial charge in [0.15, 0.2) is 0 Å². The third kappa shape index (κ3) is 2.96. The Bertz CT molecular complexity index is 640. The van der Waals surface area contributed by atoms with E-state index >= 15 is 0 Å². The molecule has 0 saturated heterocycles. The van der Waals surface area contributed by atoms with Gasteiger partial charge < -0.3 is 20.1 Å². The Morgan fingerprint density at radius 1 is 1.00 bits per heavy atom. The molecule has 0 radical (unpaired) electrons. The third-order valence-electron chi connectivity index (χ3n) is 4.06. The summed E-state index contributed by atoms with van der Waals surface area (Å²) >= 11 is 0. The van der Waals surface area contributed by atoms with Gasteiger partial charge in [-0.05, 0) is 55.8 Å². The van der Waals surface area contributed by atoms with Crippen molar-refractivity contribution >= 4 is 11.4 Å². The summed E-state index contributed by atoms with van der Waals surface area (Å²) in [5, 5.41) is 7.15. The van der Waals surface area contributed by atoms with Crippen LogP contribution in [0.2, 0.25) is 0 Å². The van der Waals surface area contributed by atoms with Crippen molar-refractivity contribution in [2.45, 2.75) is 25.4 Å². The predicted molar refractivity (Wildman–Crippen MR) is 90.1 cm³/mol. The molecule has 3 rings (SSSR count). The predicted octanol–water partition coefficient (Wildman–Crippen LogP) is 4.06. The van der Waals surface area contributed by atoms with Gasteiger partial charge in [0.1, 0.15) is 11.5 Å². The van der Waals surface area contributed by atoms with Gasteiger partial charge in [0.05, 0.1) is 20.3 Å². The maximum absolute atomic E-state index is 5.36. The van der Waals surface area contributed by atoms with Crippen molar-refractivity contribution < 1.29 is 9.47 Å². The lowest BCUT2D eigenvalue weighted by Gasteiger charge is -2.32. The van der Waals surface area contributed by atoms with Crippen LogP contribution in [-0.4, -0.2) is 20.3 Å². The lowest BCUT2D eigenvalue weighted by atomic mass is 9.93. The number of ether oxygens (including phenoxy) is 2. The zero-order valence-corrected chi connectivity index (χ0v) is 13.2. The van der Waals surface area contributed by atoms with E-state index in [-0.39, 0.29) is 6.04 Å². The van der Waals surface area contributed by atoms with Gasteiger partial charge in [-0.25, -0.2) is 0 Å². The summed E-state index contributed by atoms with van der Waals surface area (Å²) in [4.78, 5) is 0. The van der Waals surface area contributed by atoms with Crippen LogP contribution in [0.4, 0.5) is 11.4 Å². The van der Waals surface area contributed by atoms with Crippen LogP contribution in [0.1, 0.15) is 24.9 Å². The zero-order chi connectivity index (χ0) is 15.5. The van der Waals surface area contributed by atoms with Gasteiger partial charge in [0.2, 0.25) is 0 Å². The molecule has 22 heavy (non-hydrogen) atoms. The molecule has 116 valence electrons. The second-order valence-corrected chi connectivity index (χ2v) is 5.66. The fourth-order valence-corrected chi connectivity index (χ4v) is 2.92. The van der Waals surface area contributed by atoms with E-state index in [1.54, 1.807) is 14.2 Å². The van der Waals surface area contributed by atoms with Crippen molar-refractivity contribution in [3.05, 3.63) is 48.0 Å². The van der Waals surface area contributed by atoms with Gasteiger partial charge in [-0.2, -0.15) is 0 Å². The largest absolute Gasteiger partial charge is 0.497 e. The summed E-state index contributed by atoms with van der Waals surface area (Å²) in [6, 6.07) is 14.9. The standard InChI is InChI=1S/C18H22N2O2/c1-12-10-18(20-13-4-6-14(21-2)7-5-13)16-11-15(22-3)8-9-17(16)19-12/h4-9,11-12,18-20H,10H2,1-3H3. The summed E-state index contributed by atoms with van der Waals surface area (Å²) in [5.41, 5.74) is 3.51. The lowest BCUT2D eigenvalue weighted by Crippen LogP contribution is -2.28. The molecule has 2 aromatic carbocycles.